The number of nitrogens with zero attached hydrogens (tertiary/aromatic N) is 2. The summed E-state index contributed by atoms with van der Waals surface area (Å²) in [6.07, 6.45) is -3.74. The number of urea groups is 1. The molecule has 1 saturated heterocycles. The molecule has 1 fully saturated rings. The van der Waals surface area contributed by atoms with Crippen molar-refractivity contribution in [1.82, 2.24) is 15.1 Å². The fourth-order valence-electron chi connectivity index (χ4n) is 2.80. The Morgan fingerprint density at radius 1 is 1.42 bits per heavy atom. The Morgan fingerprint density at radius 2 is 2.17 bits per heavy atom. The molecule has 0 aromatic heterocycles. The molecule has 24 heavy (non-hydrogen) atoms. The molecule has 1 aromatic carbocycles. The minimum Gasteiger partial charge on any atom is -0.334 e. The third-order valence-electron chi connectivity index (χ3n) is 3.93. The average Bonchev–Trinajstić information content (AvgIpc) is 2.89. The molecule has 1 N–H and O–H groups in total. The second-order valence-corrected chi connectivity index (χ2v) is 5.93. The Kier molecular flexibility index (Phi) is 6.04. The van der Waals surface area contributed by atoms with E-state index in [1.165, 1.54) is 21.9 Å². The number of hydrogen-bond donors (Lipinski definition) is 1. The summed E-state index contributed by atoms with van der Waals surface area (Å²) in [5, 5.41) is 2.76. The van der Waals surface area contributed by atoms with Gasteiger partial charge < -0.3 is 10.2 Å². The van der Waals surface area contributed by atoms with E-state index in [1.54, 1.807) is 19.1 Å². The minimum absolute atomic E-state index is 0.183. The molecule has 2 rings (SSSR count). The number of carbonyl (C=O) groups excluding carboxylic acids is 1. The molecule has 0 saturated carbocycles. The maximum Gasteiger partial charge on any atom is 0.401 e. The van der Waals surface area contributed by atoms with Gasteiger partial charge in [0, 0.05) is 32.2 Å². The summed E-state index contributed by atoms with van der Waals surface area (Å²) in [5.41, 5.74) is 0.664. The molecule has 1 aromatic rings. The molecular weight excluding hydrogens is 326 g/mol. The maximum atomic E-state index is 13.2. The van der Waals surface area contributed by atoms with E-state index in [-0.39, 0.29) is 31.0 Å². The highest BCUT2D eigenvalue weighted by molar-refractivity contribution is 5.74. The van der Waals surface area contributed by atoms with Gasteiger partial charge in [-0.1, -0.05) is 12.1 Å². The van der Waals surface area contributed by atoms with Crippen molar-refractivity contribution in [3.05, 3.63) is 35.6 Å². The molecule has 0 aliphatic carbocycles. The van der Waals surface area contributed by atoms with Gasteiger partial charge in [-0.3, -0.25) is 4.90 Å². The molecule has 1 aliphatic rings. The van der Waals surface area contributed by atoms with Crippen molar-refractivity contribution >= 4 is 6.03 Å². The standard InChI is InChI=1S/C16H21F4N3O/c1-2-23(9-12-4-3-5-13(17)8-12)15(24)21-14-6-7-22(10-14)11-16(18,19)20/h3-5,8,14H,2,6-7,9-11H2,1H3,(H,21,24). The van der Waals surface area contributed by atoms with Gasteiger partial charge in [-0.05, 0) is 31.0 Å². The highest BCUT2D eigenvalue weighted by atomic mass is 19.4. The Balaban J connectivity index is 1.86. The molecule has 0 radical (unpaired) electrons. The number of hydrogen-bond acceptors (Lipinski definition) is 2. The second-order valence-electron chi connectivity index (χ2n) is 5.93. The zero-order valence-corrected chi connectivity index (χ0v) is 13.4. The summed E-state index contributed by atoms with van der Waals surface area (Å²) < 4.78 is 50.4. The Morgan fingerprint density at radius 3 is 2.79 bits per heavy atom. The minimum atomic E-state index is -4.23. The van der Waals surface area contributed by atoms with Crippen LogP contribution in [0.1, 0.15) is 18.9 Å². The van der Waals surface area contributed by atoms with E-state index in [4.69, 9.17) is 0 Å². The van der Waals surface area contributed by atoms with E-state index in [9.17, 15) is 22.4 Å². The number of benzene rings is 1. The summed E-state index contributed by atoms with van der Waals surface area (Å²) in [6.45, 7) is 1.99. The van der Waals surface area contributed by atoms with E-state index in [0.717, 1.165) is 0 Å². The van der Waals surface area contributed by atoms with Gasteiger partial charge in [-0.15, -0.1) is 0 Å². The average molecular weight is 347 g/mol. The van der Waals surface area contributed by atoms with Crippen molar-refractivity contribution in [3.63, 3.8) is 0 Å². The van der Waals surface area contributed by atoms with E-state index >= 15 is 0 Å². The van der Waals surface area contributed by atoms with Gasteiger partial charge in [-0.25, -0.2) is 9.18 Å². The van der Waals surface area contributed by atoms with E-state index in [0.29, 0.717) is 25.1 Å². The first kappa shape index (κ1) is 18.5. The van der Waals surface area contributed by atoms with E-state index in [2.05, 4.69) is 5.32 Å². The van der Waals surface area contributed by atoms with Crippen molar-refractivity contribution < 1.29 is 22.4 Å². The van der Waals surface area contributed by atoms with Crippen LogP contribution in [-0.4, -0.2) is 54.2 Å². The molecular formula is C16H21F4N3O. The molecule has 0 bridgehead atoms. The third-order valence-corrected chi connectivity index (χ3v) is 3.93. The van der Waals surface area contributed by atoms with Crippen molar-refractivity contribution in [2.75, 3.05) is 26.2 Å². The lowest BCUT2D eigenvalue weighted by Crippen LogP contribution is -2.45. The molecule has 2 amide bonds. The van der Waals surface area contributed by atoms with Gasteiger partial charge in [0.1, 0.15) is 5.82 Å². The predicted molar refractivity (Wildman–Crippen MR) is 81.9 cm³/mol. The number of likely N-dealkylation sites (tertiary alicyclic amines) is 1. The lowest BCUT2D eigenvalue weighted by molar-refractivity contribution is -0.143. The van der Waals surface area contributed by atoms with Gasteiger partial charge in [0.15, 0.2) is 0 Å². The third kappa shape index (κ3) is 5.67. The van der Waals surface area contributed by atoms with Crippen LogP contribution in [0, 0.1) is 5.82 Å². The largest absolute Gasteiger partial charge is 0.401 e. The quantitative estimate of drug-likeness (QED) is 0.831. The van der Waals surface area contributed by atoms with Crippen molar-refractivity contribution in [3.8, 4) is 0 Å². The number of amides is 2. The molecule has 0 spiro atoms. The number of carbonyl (C=O) groups is 1. The van der Waals surface area contributed by atoms with Crippen LogP contribution in [0.4, 0.5) is 22.4 Å². The summed E-state index contributed by atoms with van der Waals surface area (Å²) in [5.74, 6) is -0.373. The lowest BCUT2D eigenvalue weighted by Gasteiger charge is -2.24. The molecule has 1 aliphatic heterocycles. The van der Waals surface area contributed by atoms with Crippen LogP contribution in [0.2, 0.25) is 0 Å². The normalized spacial score (nSPS) is 18.6. The molecule has 134 valence electrons. The number of halogens is 4. The van der Waals surface area contributed by atoms with Gasteiger partial charge in [0.2, 0.25) is 0 Å². The zero-order valence-electron chi connectivity index (χ0n) is 13.4. The topological polar surface area (TPSA) is 35.6 Å². The van der Waals surface area contributed by atoms with E-state index in [1.807, 2.05) is 0 Å². The number of nitrogens with one attached hydrogen (secondary N) is 1. The Hall–Kier alpha value is -1.83. The highest BCUT2D eigenvalue weighted by Crippen LogP contribution is 2.20. The van der Waals surface area contributed by atoms with Crippen LogP contribution >= 0.6 is 0 Å². The van der Waals surface area contributed by atoms with Crippen LogP contribution in [0.5, 0.6) is 0 Å². The van der Waals surface area contributed by atoms with Gasteiger partial charge in [0.25, 0.3) is 0 Å². The van der Waals surface area contributed by atoms with Crippen LogP contribution < -0.4 is 5.32 Å². The first-order chi connectivity index (χ1) is 11.3. The first-order valence-corrected chi connectivity index (χ1v) is 7.86. The Bertz CT molecular complexity index is 564. The molecule has 4 nitrogen and oxygen atoms in total. The van der Waals surface area contributed by atoms with Crippen LogP contribution in [0.3, 0.4) is 0 Å². The highest BCUT2D eigenvalue weighted by Gasteiger charge is 2.35. The molecule has 8 heteroatoms. The summed E-state index contributed by atoms with van der Waals surface area (Å²) in [4.78, 5) is 15.1. The summed E-state index contributed by atoms with van der Waals surface area (Å²) in [7, 11) is 0. The molecule has 1 atom stereocenters. The lowest BCUT2D eigenvalue weighted by atomic mass is 10.2. The van der Waals surface area contributed by atoms with Gasteiger partial charge >= 0.3 is 12.2 Å². The van der Waals surface area contributed by atoms with Crippen LogP contribution in [0.15, 0.2) is 24.3 Å². The van der Waals surface area contributed by atoms with E-state index < -0.39 is 12.7 Å². The van der Waals surface area contributed by atoms with Gasteiger partial charge in [0.05, 0.1) is 6.54 Å². The fourth-order valence-corrected chi connectivity index (χ4v) is 2.80. The zero-order chi connectivity index (χ0) is 17.7. The number of alkyl halides is 3. The first-order valence-electron chi connectivity index (χ1n) is 7.86. The Labute approximate surface area is 138 Å². The van der Waals surface area contributed by atoms with Crippen molar-refractivity contribution in [2.45, 2.75) is 32.1 Å². The summed E-state index contributed by atoms with van der Waals surface area (Å²) in [6, 6.07) is 5.33. The van der Waals surface area contributed by atoms with Crippen molar-refractivity contribution in [1.29, 1.82) is 0 Å². The second kappa shape index (κ2) is 7.83. The maximum absolute atomic E-state index is 13.2. The SMILES string of the molecule is CCN(Cc1cccc(F)c1)C(=O)NC1CCN(CC(F)(F)F)C1. The smallest absolute Gasteiger partial charge is 0.334 e. The molecule has 1 unspecified atom stereocenters. The monoisotopic (exact) mass is 347 g/mol. The summed E-state index contributed by atoms with van der Waals surface area (Å²) >= 11 is 0. The fraction of sp³-hybridized carbons (Fsp3) is 0.562. The van der Waals surface area contributed by atoms with Gasteiger partial charge in [-0.2, -0.15) is 13.2 Å². The predicted octanol–water partition coefficient (Wildman–Crippen LogP) is 2.99. The van der Waals surface area contributed by atoms with Crippen LogP contribution in [0.25, 0.3) is 0 Å². The van der Waals surface area contributed by atoms with Crippen LogP contribution in [-0.2, 0) is 6.54 Å². The van der Waals surface area contributed by atoms with Crippen molar-refractivity contribution in [2.24, 2.45) is 0 Å². The molecule has 1 heterocycles. The number of rotatable bonds is 5.